The number of rotatable bonds is 2. The number of hydrogen-bond donors (Lipinski definition) is 2. The van der Waals surface area contributed by atoms with E-state index in [1.54, 1.807) is 7.11 Å². The molecular weight excluding hydrogens is 286 g/mol. The molecule has 0 saturated heterocycles. The third-order valence-corrected chi connectivity index (χ3v) is 3.67. The first-order valence-electron chi connectivity index (χ1n) is 5.38. The fourth-order valence-electron chi connectivity index (χ4n) is 2.26. The van der Waals surface area contributed by atoms with Crippen LogP contribution in [0.15, 0.2) is 16.6 Å². The minimum Gasteiger partial charge on any atom is -0.496 e. The molecule has 0 bridgehead atoms. The predicted molar refractivity (Wildman–Crippen MR) is 67.4 cm³/mol. The number of ether oxygens (including phenoxy) is 1. The zero-order valence-electron chi connectivity index (χ0n) is 9.66. The van der Waals surface area contributed by atoms with E-state index in [-0.39, 0.29) is 6.04 Å². The average Bonchev–Trinajstić information content (AvgIpc) is 2.28. The highest BCUT2D eigenvalue weighted by molar-refractivity contribution is 9.10. The molecule has 0 fully saturated rings. The van der Waals surface area contributed by atoms with E-state index in [1.165, 1.54) is 0 Å². The second-order valence-electron chi connectivity index (χ2n) is 4.18. The molecular formula is C12H14BrNO3. The number of methoxy groups -OCH3 is 1. The van der Waals surface area contributed by atoms with Crippen molar-refractivity contribution in [2.24, 2.45) is 0 Å². The van der Waals surface area contributed by atoms with Crippen molar-refractivity contribution in [3.63, 3.8) is 0 Å². The van der Waals surface area contributed by atoms with Crippen molar-refractivity contribution < 1.29 is 14.6 Å². The maximum Gasteiger partial charge on any atom is 0.325 e. The van der Waals surface area contributed by atoms with Crippen LogP contribution >= 0.6 is 15.9 Å². The van der Waals surface area contributed by atoms with Gasteiger partial charge in [-0.15, -0.1) is 0 Å². The summed E-state index contributed by atoms with van der Waals surface area (Å²) in [4.78, 5) is 11.3. The zero-order valence-corrected chi connectivity index (χ0v) is 11.2. The molecule has 0 aromatic heterocycles. The Labute approximate surface area is 108 Å². The molecule has 2 N–H and O–H groups in total. The van der Waals surface area contributed by atoms with Crippen molar-refractivity contribution in [1.82, 2.24) is 5.32 Å². The predicted octanol–water partition coefficient (Wildman–Crippen LogP) is 2.12. The second-order valence-corrected chi connectivity index (χ2v) is 5.04. The van der Waals surface area contributed by atoms with Crippen LogP contribution < -0.4 is 10.1 Å². The van der Waals surface area contributed by atoms with Crippen LogP contribution in [0.5, 0.6) is 5.75 Å². The molecule has 1 heterocycles. The SMILES string of the molecule is COc1ccc(Br)c2c1CC(C)NC2C(=O)O. The molecule has 0 radical (unpaired) electrons. The van der Waals surface area contributed by atoms with Crippen LogP contribution in [0.4, 0.5) is 0 Å². The highest BCUT2D eigenvalue weighted by Gasteiger charge is 2.32. The number of carboxylic acid groups (broad SMARTS) is 1. The molecule has 1 aliphatic heterocycles. The molecule has 1 aliphatic rings. The molecule has 1 aromatic carbocycles. The van der Waals surface area contributed by atoms with Gasteiger partial charge in [0.25, 0.3) is 0 Å². The van der Waals surface area contributed by atoms with E-state index in [0.717, 1.165) is 27.8 Å². The number of fused-ring (bicyclic) bond motifs is 1. The summed E-state index contributed by atoms with van der Waals surface area (Å²) in [6.45, 7) is 1.97. The first-order chi connectivity index (χ1) is 8.04. The van der Waals surface area contributed by atoms with E-state index in [2.05, 4.69) is 21.2 Å². The number of carboxylic acids is 1. The van der Waals surface area contributed by atoms with E-state index in [4.69, 9.17) is 4.74 Å². The number of halogens is 1. The van der Waals surface area contributed by atoms with Gasteiger partial charge in [-0.2, -0.15) is 0 Å². The minimum atomic E-state index is -0.869. The topological polar surface area (TPSA) is 58.6 Å². The molecule has 2 atom stereocenters. The summed E-state index contributed by atoms with van der Waals surface area (Å²) >= 11 is 3.42. The van der Waals surface area contributed by atoms with Crippen LogP contribution in [0, 0.1) is 0 Å². The van der Waals surface area contributed by atoms with E-state index >= 15 is 0 Å². The van der Waals surface area contributed by atoms with Crippen LogP contribution in [-0.2, 0) is 11.2 Å². The van der Waals surface area contributed by atoms with Crippen LogP contribution in [0.1, 0.15) is 24.1 Å². The van der Waals surface area contributed by atoms with E-state index in [0.29, 0.717) is 0 Å². The minimum absolute atomic E-state index is 0.117. The van der Waals surface area contributed by atoms with Gasteiger partial charge in [-0.05, 0) is 25.5 Å². The highest BCUT2D eigenvalue weighted by atomic mass is 79.9. The lowest BCUT2D eigenvalue weighted by molar-refractivity contribution is -0.140. The Kier molecular flexibility index (Phi) is 3.40. The number of carbonyl (C=O) groups is 1. The fraction of sp³-hybridized carbons (Fsp3) is 0.417. The van der Waals surface area contributed by atoms with Crippen molar-refractivity contribution in [3.8, 4) is 5.75 Å². The number of hydrogen-bond acceptors (Lipinski definition) is 3. The summed E-state index contributed by atoms with van der Waals surface area (Å²) in [6, 6.07) is 3.12. The van der Waals surface area contributed by atoms with E-state index < -0.39 is 12.0 Å². The Hall–Kier alpha value is -1.07. The van der Waals surface area contributed by atoms with E-state index in [9.17, 15) is 9.90 Å². The third kappa shape index (κ3) is 2.17. The average molecular weight is 300 g/mol. The van der Waals surface area contributed by atoms with Crippen molar-refractivity contribution in [1.29, 1.82) is 0 Å². The summed E-state index contributed by atoms with van der Waals surface area (Å²) in [5.41, 5.74) is 1.75. The maximum absolute atomic E-state index is 11.3. The number of aliphatic carboxylic acids is 1. The van der Waals surface area contributed by atoms with Crippen molar-refractivity contribution in [3.05, 3.63) is 27.7 Å². The van der Waals surface area contributed by atoms with Crippen molar-refractivity contribution in [2.75, 3.05) is 7.11 Å². The van der Waals surface area contributed by atoms with Crippen LogP contribution in [0.25, 0.3) is 0 Å². The van der Waals surface area contributed by atoms with Gasteiger partial charge in [0.1, 0.15) is 11.8 Å². The van der Waals surface area contributed by atoms with Gasteiger partial charge in [-0.25, -0.2) is 0 Å². The largest absolute Gasteiger partial charge is 0.496 e. The van der Waals surface area contributed by atoms with Gasteiger partial charge in [0.15, 0.2) is 0 Å². The normalized spacial score (nSPS) is 23.0. The summed E-state index contributed by atoms with van der Waals surface area (Å²) in [5, 5.41) is 12.3. The lowest BCUT2D eigenvalue weighted by Crippen LogP contribution is -2.41. The molecule has 0 saturated carbocycles. The molecule has 2 rings (SSSR count). The molecule has 17 heavy (non-hydrogen) atoms. The van der Waals surface area contributed by atoms with Gasteiger partial charge >= 0.3 is 5.97 Å². The second kappa shape index (κ2) is 4.66. The van der Waals surface area contributed by atoms with Gasteiger partial charge in [0.2, 0.25) is 0 Å². The van der Waals surface area contributed by atoms with Crippen LogP contribution in [0.3, 0.4) is 0 Å². The zero-order chi connectivity index (χ0) is 12.6. The Bertz CT molecular complexity index is 461. The Morgan fingerprint density at radius 3 is 2.88 bits per heavy atom. The van der Waals surface area contributed by atoms with Gasteiger partial charge < -0.3 is 9.84 Å². The Morgan fingerprint density at radius 1 is 1.59 bits per heavy atom. The van der Waals surface area contributed by atoms with Crippen molar-refractivity contribution >= 4 is 21.9 Å². The quantitative estimate of drug-likeness (QED) is 0.878. The fourth-order valence-corrected chi connectivity index (χ4v) is 2.86. The lowest BCUT2D eigenvalue weighted by atomic mass is 9.90. The summed E-state index contributed by atoms with van der Waals surface area (Å²) < 4.78 is 6.11. The standard InChI is InChI=1S/C12H14BrNO3/c1-6-5-7-9(17-2)4-3-8(13)10(7)11(14-6)12(15)16/h3-4,6,11,14H,5H2,1-2H3,(H,15,16). The maximum atomic E-state index is 11.3. The number of benzene rings is 1. The highest BCUT2D eigenvalue weighted by Crippen LogP contribution is 2.37. The summed E-state index contributed by atoms with van der Waals surface area (Å²) in [6.07, 6.45) is 0.766. The van der Waals surface area contributed by atoms with Crippen LogP contribution in [0.2, 0.25) is 0 Å². The Morgan fingerprint density at radius 2 is 2.29 bits per heavy atom. The molecule has 5 heteroatoms. The smallest absolute Gasteiger partial charge is 0.325 e. The van der Waals surface area contributed by atoms with Gasteiger partial charge in [0, 0.05) is 21.6 Å². The molecule has 1 aromatic rings. The molecule has 4 nitrogen and oxygen atoms in total. The number of nitrogens with one attached hydrogen (secondary N) is 1. The van der Waals surface area contributed by atoms with Crippen LogP contribution in [-0.4, -0.2) is 24.2 Å². The van der Waals surface area contributed by atoms with Crippen molar-refractivity contribution in [2.45, 2.75) is 25.4 Å². The Balaban J connectivity index is 2.60. The first-order valence-corrected chi connectivity index (χ1v) is 6.18. The van der Waals surface area contributed by atoms with Gasteiger partial charge in [-0.1, -0.05) is 15.9 Å². The molecule has 0 aliphatic carbocycles. The monoisotopic (exact) mass is 299 g/mol. The summed E-state index contributed by atoms with van der Waals surface area (Å²) in [7, 11) is 1.60. The molecule has 92 valence electrons. The molecule has 2 unspecified atom stereocenters. The van der Waals surface area contributed by atoms with Gasteiger partial charge in [0.05, 0.1) is 7.11 Å². The first kappa shape index (κ1) is 12.4. The van der Waals surface area contributed by atoms with E-state index in [1.807, 2.05) is 19.1 Å². The summed E-state index contributed by atoms with van der Waals surface area (Å²) in [5.74, 6) is -0.116. The molecule has 0 spiro atoms. The lowest BCUT2D eigenvalue weighted by Gasteiger charge is -2.30. The molecule has 0 amide bonds. The van der Waals surface area contributed by atoms with Gasteiger partial charge in [-0.3, -0.25) is 10.1 Å². The third-order valence-electron chi connectivity index (χ3n) is 2.98.